The fraction of sp³-hybridized carbons (Fsp3) is 1.00. The molecule has 0 aromatic heterocycles. The highest BCUT2D eigenvalue weighted by molar-refractivity contribution is 4.79. The first-order valence-corrected chi connectivity index (χ1v) is 4.99. The number of rotatable bonds is 3. The predicted molar refractivity (Wildman–Crippen MR) is 52.8 cm³/mol. The van der Waals surface area contributed by atoms with Gasteiger partial charge in [0.2, 0.25) is 0 Å². The van der Waals surface area contributed by atoms with E-state index in [1.54, 1.807) is 7.11 Å². The summed E-state index contributed by atoms with van der Waals surface area (Å²) in [5, 5.41) is 9.47. The van der Waals surface area contributed by atoms with Crippen molar-refractivity contribution in [2.45, 2.75) is 38.4 Å². The zero-order chi connectivity index (χ0) is 9.90. The molecule has 0 bridgehead atoms. The van der Waals surface area contributed by atoms with E-state index in [1.807, 2.05) is 0 Å². The number of aliphatic hydroxyl groups excluding tert-OH is 1. The number of hydrogen-bond acceptors (Lipinski definition) is 3. The molecule has 0 aromatic rings. The van der Waals surface area contributed by atoms with Crippen LogP contribution in [0, 0.1) is 0 Å². The van der Waals surface area contributed by atoms with E-state index in [2.05, 4.69) is 18.7 Å². The van der Waals surface area contributed by atoms with Crippen LogP contribution < -0.4 is 0 Å². The maximum atomic E-state index is 9.47. The summed E-state index contributed by atoms with van der Waals surface area (Å²) in [6, 6.07) is 0. The zero-order valence-electron chi connectivity index (χ0n) is 8.92. The van der Waals surface area contributed by atoms with Crippen molar-refractivity contribution in [1.29, 1.82) is 0 Å². The van der Waals surface area contributed by atoms with Gasteiger partial charge in [-0.15, -0.1) is 0 Å². The lowest BCUT2D eigenvalue weighted by atomic mass is 10.0. The van der Waals surface area contributed by atoms with Crippen LogP contribution >= 0.6 is 0 Å². The number of methoxy groups -OCH3 is 1. The minimum Gasteiger partial charge on any atom is -0.392 e. The smallest absolute Gasteiger partial charge is 0.0749 e. The van der Waals surface area contributed by atoms with Crippen molar-refractivity contribution in [2.24, 2.45) is 0 Å². The second-order valence-electron chi connectivity index (χ2n) is 4.49. The molecule has 1 atom stereocenters. The van der Waals surface area contributed by atoms with E-state index in [0.29, 0.717) is 0 Å². The number of piperidine rings is 1. The molecule has 0 amide bonds. The number of β-amino-alcohol motifs (C(OH)–C–C–N with tert-alkyl or cyclic N) is 1. The van der Waals surface area contributed by atoms with Crippen LogP contribution in [0.4, 0.5) is 0 Å². The highest BCUT2D eigenvalue weighted by Crippen LogP contribution is 2.15. The molecule has 0 saturated carbocycles. The Bertz CT molecular complexity index is 159. The molecule has 1 N–H and O–H groups in total. The SMILES string of the molecule is COC(C)(C)CN1CCCC(O)C1. The molecule has 78 valence electrons. The lowest BCUT2D eigenvalue weighted by Crippen LogP contribution is -2.46. The maximum Gasteiger partial charge on any atom is 0.0749 e. The molecule has 1 fully saturated rings. The van der Waals surface area contributed by atoms with Gasteiger partial charge in [0.25, 0.3) is 0 Å². The predicted octanol–water partition coefficient (Wildman–Crippen LogP) is 0.868. The molecule has 13 heavy (non-hydrogen) atoms. The molecule has 0 spiro atoms. The highest BCUT2D eigenvalue weighted by Gasteiger charge is 2.24. The largest absolute Gasteiger partial charge is 0.392 e. The summed E-state index contributed by atoms with van der Waals surface area (Å²) < 4.78 is 5.35. The van der Waals surface area contributed by atoms with Crippen molar-refractivity contribution in [3.05, 3.63) is 0 Å². The van der Waals surface area contributed by atoms with Gasteiger partial charge in [0, 0.05) is 20.2 Å². The van der Waals surface area contributed by atoms with E-state index in [9.17, 15) is 5.11 Å². The molecule has 0 aromatic carbocycles. The van der Waals surface area contributed by atoms with E-state index in [0.717, 1.165) is 32.5 Å². The number of hydrogen-bond donors (Lipinski definition) is 1. The summed E-state index contributed by atoms with van der Waals surface area (Å²) in [4.78, 5) is 2.28. The molecule has 3 heteroatoms. The summed E-state index contributed by atoms with van der Waals surface area (Å²) >= 11 is 0. The van der Waals surface area contributed by atoms with Gasteiger partial charge in [-0.2, -0.15) is 0 Å². The minimum absolute atomic E-state index is 0.100. The van der Waals surface area contributed by atoms with Crippen LogP contribution in [-0.4, -0.2) is 48.5 Å². The topological polar surface area (TPSA) is 32.7 Å². The quantitative estimate of drug-likeness (QED) is 0.711. The molecule has 1 heterocycles. The molecule has 1 aliphatic rings. The summed E-state index contributed by atoms with van der Waals surface area (Å²) in [6.45, 7) is 6.94. The van der Waals surface area contributed by atoms with Gasteiger partial charge in [-0.1, -0.05) is 0 Å². The molecule has 0 aliphatic carbocycles. The molecule has 1 saturated heterocycles. The Kier molecular flexibility index (Phi) is 3.71. The van der Waals surface area contributed by atoms with Crippen molar-refractivity contribution < 1.29 is 9.84 Å². The van der Waals surface area contributed by atoms with E-state index >= 15 is 0 Å². The van der Waals surface area contributed by atoms with E-state index in [4.69, 9.17) is 4.74 Å². The Morgan fingerprint density at radius 2 is 2.23 bits per heavy atom. The summed E-state index contributed by atoms with van der Waals surface area (Å²) in [5.41, 5.74) is -0.100. The Hall–Kier alpha value is -0.120. The molecule has 1 aliphatic heterocycles. The monoisotopic (exact) mass is 187 g/mol. The first-order valence-electron chi connectivity index (χ1n) is 4.99. The van der Waals surface area contributed by atoms with E-state index in [-0.39, 0.29) is 11.7 Å². The molecular weight excluding hydrogens is 166 g/mol. The van der Waals surface area contributed by atoms with Crippen LogP contribution in [0.25, 0.3) is 0 Å². The Morgan fingerprint density at radius 3 is 2.77 bits per heavy atom. The fourth-order valence-electron chi connectivity index (χ4n) is 1.78. The van der Waals surface area contributed by atoms with Gasteiger partial charge in [0.1, 0.15) is 0 Å². The lowest BCUT2D eigenvalue weighted by Gasteiger charge is -2.35. The van der Waals surface area contributed by atoms with Gasteiger partial charge in [0.05, 0.1) is 11.7 Å². The summed E-state index contributed by atoms with van der Waals surface area (Å²) in [5.74, 6) is 0. The fourth-order valence-corrected chi connectivity index (χ4v) is 1.78. The van der Waals surface area contributed by atoms with Crippen LogP contribution in [0.15, 0.2) is 0 Å². The van der Waals surface area contributed by atoms with Crippen LogP contribution in [0.3, 0.4) is 0 Å². The molecule has 3 nitrogen and oxygen atoms in total. The van der Waals surface area contributed by atoms with Gasteiger partial charge >= 0.3 is 0 Å². The maximum absolute atomic E-state index is 9.47. The second kappa shape index (κ2) is 4.40. The molecule has 1 unspecified atom stereocenters. The first kappa shape index (κ1) is 11.0. The van der Waals surface area contributed by atoms with Crippen molar-refractivity contribution in [3.8, 4) is 0 Å². The molecule has 0 radical (unpaired) electrons. The standard InChI is InChI=1S/C10H21NO2/c1-10(2,13-3)8-11-6-4-5-9(12)7-11/h9,12H,4-8H2,1-3H3. The van der Waals surface area contributed by atoms with E-state index in [1.165, 1.54) is 0 Å². The number of likely N-dealkylation sites (tertiary alicyclic amines) is 1. The van der Waals surface area contributed by atoms with Crippen LogP contribution in [0.5, 0.6) is 0 Å². The third kappa shape index (κ3) is 3.63. The van der Waals surface area contributed by atoms with Crippen LogP contribution in [-0.2, 0) is 4.74 Å². The van der Waals surface area contributed by atoms with Gasteiger partial charge < -0.3 is 9.84 Å². The van der Waals surface area contributed by atoms with Crippen LogP contribution in [0.2, 0.25) is 0 Å². The van der Waals surface area contributed by atoms with Crippen molar-refractivity contribution in [1.82, 2.24) is 4.90 Å². The van der Waals surface area contributed by atoms with Gasteiger partial charge in [-0.05, 0) is 33.2 Å². The Morgan fingerprint density at radius 1 is 1.54 bits per heavy atom. The molecule has 1 rings (SSSR count). The first-order chi connectivity index (χ1) is 6.03. The Labute approximate surface area is 80.7 Å². The van der Waals surface area contributed by atoms with E-state index < -0.39 is 0 Å². The average Bonchev–Trinajstić information content (AvgIpc) is 2.03. The zero-order valence-corrected chi connectivity index (χ0v) is 8.92. The molecular formula is C10H21NO2. The number of aliphatic hydroxyl groups is 1. The Balaban J connectivity index is 2.35. The second-order valence-corrected chi connectivity index (χ2v) is 4.49. The van der Waals surface area contributed by atoms with Crippen molar-refractivity contribution in [3.63, 3.8) is 0 Å². The summed E-state index contributed by atoms with van der Waals surface area (Å²) in [6.07, 6.45) is 1.91. The number of nitrogens with zero attached hydrogens (tertiary/aromatic N) is 1. The normalized spacial score (nSPS) is 26.3. The van der Waals surface area contributed by atoms with Crippen molar-refractivity contribution in [2.75, 3.05) is 26.7 Å². The summed E-state index contributed by atoms with van der Waals surface area (Å²) in [7, 11) is 1.74. The third-order valence-corrected chi connectivity index (χ3v) is 2.64. The van der Waals surface area contributed by atoms with Gasteiger partial charge in [0.15, 0.2) is 0 Å². The minimum atomic E-state index is -0.138. The van der Waals surface area contributed by atoms with Gasteiger partial charge in [-0.3, -0.25) is 4.90 Å². The highest BCUT2D eigenvalue weighted by atomic mass is 16.5. The van der Waals surface area contributed by atoms with Gasteiger partial charge in [-0.25, -0.2) is 0 Å². The van der Waals surface area contributed by atoms with Crippen molar-refractivity contribution >= 4 is 0 Å². The third-order valence-electron chi connectivity index (χ3n) is 2.64. The van der Waals surface area contributed by atoms with Crippen LogP contribution in [0.1, 0.15) is 26.7 Å². The average molecular weight is 187 g/mol. The lowest BCUT2D eigenvalue weighted by molar-refractivity contribution is -0.0270. The number of ether oxygens (including phenoxy) is 1.